The van der Waals surface area contributed by atoms with Crippen LogP contribution >= 0.6 is 0 Å². The zero-order chi connectivity index (χ0) is 62.8. The number of nitrogens with zero attached hydrogens (tertiary/aromatic N) is 12. The van der Waals surface area contributed by atoms with E-state index in [0.717, 1.165) is 85.6 Å². The molecule has 0 amide bonds. The number of nitrogens with one attached hydrogen (secondary N) is 2. The van der Waals surface area contributed by atoms with Gasteiger partial charge in [0, 0.05) is 77.0 Å². The number of hydrogen-bond donors (Lipinski definition) is 4. The number of carboxylic acid groups (broad SMARTS) is 1. The van der Waals surface area contributed by atoms with Crippen molar-refractivity contribution < 1.29 is 71.8 Å². The second-order valence-corrected chi connectivity index (χ2v) is 21.2. The van der Waals surface area contributed by atoms with Gasteiger partial charge in [0.05, 0.1) is 155 Å². The molecule has 0 spiro atoms. The van der Waals surface area contributed by atoms with Crippen molar-refractivity contribution in [1.29, 1.82) is 0 Å². The highest BCUT2D eigenvalue weighted by Crippen LogP contribution is 2.28. The minimum Gasteiger partial charge on any atom is -0.480 e. The standard InChI is InChI=1S/C30H45N7O8.C30H47N7O7/c1-22(2)37-25-18-27(34-26-4-7-31-30(35-26)36-8-5-23(40-3)6-9-36)32-19-24(25)33-28(37)20-44-16-14-42-12-10-41-11-13-43-15-17-45-21-29(38)39;1-23(2)37-26-20-28(34-27-4-7-31-30(35-27)36-8-5-24(39-3)6-9-36)32-21-25(26)33-29(37)22-44-19-18-43-17-16-42-15-14-41-13-12-40-11-10-38/h4,7,18-19,22-23H,5-6,8-17,20-21H2,1-3H3,(H,38,39)(H,31,32,34,35);4,7,20-21,23-24,38H,5-6,8-19,22H2,1-3H3,(H,31,32,34,35). The Bertz CT molecular complexity index is 2940. The monoisotopic (exact) mass is 1250 g/mol. The first-order valence-corrected chi connectivity index (χ1v) is 30.6. The van der Waals surface area contributed by atoms with Crippen LogP contribution in [-0.4, -0.2) is 243 Å². The normalized spacial score (nSPS) is 14.2. The first-order valence-electron chi connectivity index (χ1n) is 30.6. The lowest BCUT2D eigenvalue weighted by Gasteiger charge is -2.31. The summed E-state index contributed by atoms with van der Waals surface area (Å²) in [6, 6.07) is 8.01. The molecule has 8 rings (SSSR count). The summed E-state index contributed by atoms with van der Waals surface area (Å²) in [7, 11) is 3.53. The lowest BCUT2D eigenvalue weighted by atomic mass is 10.1. The molecular weight excluding hydrogens is 1160 g/mol. The number of pyridine rings is 2. The zero-order valence-electron chi connectivity index (χ0n) is 52.5. The Morgan fingerprint density at radius 3 is 1.18 bits per heavy atom. The van der Waals surface area contributed by atoms with Gasteiger partial charge in [-0.2, -0.15) is 9.97 Å². The number of fused-ring (bicyclic) bond motifs is 2. The molecule has 2 fully saturated rings. The minimum atomic E-state index is -0.997. The number of aliphatic carboxylic acids is 1. The Morgan fingerprint density at radius 2 is 0.843 bits per heavy atom. The Balaban J connectivity index is 0.000000254. The fraction of sp³-hybridized carbons (Fsp3) is 0.650. The third-order valence-electron chi connectivity index (χ3n) is 14.1. The van der Waals surface area contributed by atoms with Crippen molar-refractivity contribution in [3.8, 4) is 0 Å². The summed E-state index contributed by atoms with van der Waals surface area (Å²) >= 11 is 0. The maximum Gasteiger partial charge on any atom is 0.329 e. The first-order chi connectivity index (χ1) is 43.5. The highest BCUT2D eigenvalue weighted by Gasteiger charge is 2.23. The number of carboxylic acids is 1. The lowest BCUT2D eigenvalue weighted by molar-refractivity contribution is -0.142. The van der Waals surface area contributed by atoms with Crippen LogP contribution in [0.15, 0.2) is 49.1 Å². The van der Waals surface area contributed by atoms with Gasteiger partial charge in [-0.3, -0.25) is 0 Å². The van der Waals surface area contributed by atoms with Gasteiger partial charge in [0.2, 0.25) is 11.9 Å². The van der Waals surface area contributed by atoms with Crippen LogP contribution in [0, 0.1) is 0 Å². The Labute approximate surface area is 520 Å². The van der Waals surface area contributed by atoms with Gasteiger partial charge in [-0.05, 0) is 65.5 Å². The van der Waals surface area contributed by atoms with Gasteiger partial charge in [-0.1, -0.05) is 0 Å². The van der Waals surface area contributed by atoms with Gasteiger partial charge in [-0.25, -0.2) is 34.7 Å². The molecule has 0 saturated carbocycles. The lowest BCUT2D eigenvalue weighted by Crippen LogP contribution is -2.37. The van der Waals surface area contributed by atoms with Gasteiger partial charge in [0.15, 0.2) is 0 Å². The van der Waals surface area contributed by atoms with Crippen LogP contribution in [0.5, 0.6) is 0 Å². The van der Waals surface area contributed by atoms with E-state index in [9.17, 15) is 4.79 Å². The van der Waals surface area contributed by atoms with E-state index < -0.39 is 5.97 Å². The molecule has 0 atom stereocenters. The first kappa shape index (κ1) is 70.0. The predicted octanol–water partition coefficient (Wildman–Crippen LogP) is 5.56. The van der Waals surface area contributed by atoms with Crippen molar-refractivity contribution in [2.24, 2.45) is 0 Å². The fourth-order valence-electron chi connectivity index (χ4n) is 9.78. The maximum absolute atomic E-state index is 10.3. The average molecular weight is 1250 g/mol. The number of carbonyl (C=O) groups is 1. The summed E-state index contributed by atoms with van der Waals surface area (Å²) in [5.74, 6) is 4.78. The molecule has 6 aromatic heterocycles. The van der Waals surface area contributed by atoms with E-state index in [1.54, 1.807) is 39.0 Å². The zero-order valence-corrected chi connectivity index (χ0v) is 52.5. The number of aliphatic hydroxyl groups is 1. The molecule has 6 aromatic rings. The van der Waals surface area contributed by atoms with Crippen LogP contribution < -0.4 is 20.4 Å². The summed E-state index contributed by atoms with van der Waals surface area (Å²) in [6.07, 6.45) is 11.5. The van der Waals surface area contributed by atoms with Gasteiger partial charge < -0.3 is 96.6 Å². The number of ether oxygens (including phenoxy) is 12. The van der Waals surface area contributed by atoms with Crippen molar-refractivity contribution in [2.45, 2.75) is 90.9 Å². The van der Waals surface area contributed by atoms with Gasteiger partial charge in [0.25, 0.3) is 0 Å². The second kappa shape index (κ2) is 39.6. The van der Waals surface area contributed by atoms with Crippen molar-refractivity contribution in [2.75, 3.05) is 186 Å². The number of piperidine rings is 2. The number of anilines is 6. The topological polar surface area (TPSA) is 312 Å². The quantitative estimate of drug-likeness (QED) is 0.0341. The Morgan fingerprint density at radius 1 is 0.494 bits per heavy atom. The molecule has 0 radical (unpaired) electrons. The van der Waals surface area contributed by atoms with Crippen LogP contribution in [-0.2, 0) is 74.9 Å². The summed E-state index contributed by atoms with van der Waals surface area (Å²) < 4.78 is 69.9. The summed E-state index contributed by atoms with van der Waals surface area (Å²) in [6.45, 7) is 19.6. The molecule has 2 saturated heterocycles. The third-order valence-corrected chi connectivity index (χ3v) is 14.1. The molecule has 29 heteroatoms. The molecule has 492 valence electrons. The molecule has 89 heavy (non-hydrogen) atoms. The summed E-state index contributed by atoms with van der Waals surface area (Å²) in [5, 5.41) is 23.8. The molecule has 4 N–H and O–H groups in total. The molecule has 2 aliphatic rings. The van der Waals surface area contributed by atoms with Crippen LogP contribution in [0.3, 0.4) is 0 Å². The molecule has 2 aliphatic heterocycles. The number of aliphatic hydroxyl groups excluding tert-OH is 1. The number of imidazole rings is 2. The van der Waals surface area contributed by atoms with Crippen LogP contribution in [0.1, 0.15) is 77.1 Å². The van der Waals surface area contributed by atoms with E-state index >= 15 is 0 Å². The van der Waals surface area contributed by atoms with Gasteiger partial charge in [0.1, 0.15) is 65.8 Å². The SMILES string of the molecule is COC1CCN(c2nccc(Nc3cc4c(cn3)nc(COCCOCCOCCOCCOCC(=O)O)n4C(C)C)n2)CC1.COC1CCN(c2nccc(Nc3cc4c(cn3)nc(COCCOCCOCCOCCOCCO)n4C(C)C)n2)CC1. The van der Waals surface area contributed by atoms with E-state index in [4.69, 9.17) is 87.0 Å². The van der Waals surface area contributed by atoms with Gasteiger partial charge >= 0.3 is 5.97 Å². The minimum absolute atomic E-state index is 0.0213. The van der Waals surface area contributed by atoms with Crippen LogP contribution in [0.2, 0.25) is 0 Å². The highest BCUT2D eigenvalue weighted by atomic mass is 16.6. The largest absolute Gasteiger partial charge is 0.480 e. The molecule has 29 nitrogen and oxygen atoms in total. The van der Waals surface area contributed by atoms with Gasteiger partial charge in [-0.15, -0.1) is 0 Å². The number of aromatic nitrogens is 10. The maximum atomic E-state index is 10.3. The Hall–Kier alpha value is -6.45. The van der Waals surface area contributed by atoms with E-state index in [2.05, 4.69) is 77.2 Å². The van der Waals surface area contributed by atoms with E-state index in [-0.39, 0.29) is 31.9 Å². The molecule has 0 aromatic carbocycles. The smallest absolute Gasteiger partial charge is 0.329 e. The number of hydrogen-bond acceptors (Lipinski definition) is 26. The molecule has 0 bridgehead atoms. The molecule has 0 aliphatic carbocycles. The van der Waals surface area contributed by atoms with Crippen LogP contribution in [0.4, 0.5) is 35.2 Å². The second-order valence-electron chi connectivity index (χ2n) is 21.2. The molecular formula is C60H92N14O15. The van der Waals surface area contributed by atoms with E-state index in [1.807, 2.05) is 24.3 Å². The fourth-order valence-corrected chi connectivity index (χ4v) is 9.78. The molecule has 8 heterocycles. The van der Waals surface area contributed by atoms with Crippen LogP contribution in [0.25, 0.3) is 22.1 Å². The Kier molecular flexibility index (Phi) is 31.2. The molecule has 0 unspecified atom stereocenters. The average Bonchev–Trinajstić information content (AvgIpc) is 2.05. The number of rotatable bonds is 42. The summed E-state index contributed by atoms with van der Waals surface area (Å²) in [5.41, 5.74) is 3.54. The van der Waals surface area contributed by atoms with Crippen molar-refractivity contribution in [3.05, 3.63) is 60.7 Å². The van der Waals surface area contributed by atoms with Crippen molar-refractivity contribution in [3.63, 3.8) is 0 Å². The van der Waals surface area contributed by atoms with E-state index in [0.29, 0.717) is 166 Å². The predicted molar refractivity (Wildman–Crippen MR) is 332 cm³/mol. The summed E-state index contributed by atoms with van der Waals surface area (Å²) in [4.78, 5) is 51.9. The van der Waals surface area contributed by atoms with Crippen molar-refractivity contribution in [1.82, 2.24) is 49.0 Å². The van der Waals surface area contributed by atoms with E-state index in [1.165, 1.54) is 0 Å². The number of methoxy groups -OCH3 is 2. The van der Waals surface area contributed by atoms with Crippen molar-refractivity contribution >= 4 is 63.2 Å². The third kappa shape index (κ3) is 24.0. The highest BCUT2D eigenvalue weighted by molar-refractivity contribution is 5.80.